The first-order valence-corrected chi connectivity index (χ1v) is 7.21. The molecule has 5 nitrogen and oxygen atoms in total. The van der Waals surface area contributed by atoms with Crippen LogP contribution in [-0.4, -0.2) is 13.4 Å². The number of nitrogens with zero attached hydrogens (tertiary/aromatic N) is 1. The molecule has 0 bridgehead atoms. The number of hydrogen-bond acceptors (Lipinski definition) is 4. The van der Waals surface area contributed by atoms with Crippen molar-refractivity contribution in [3.05, 3.63) is 53.9 Å². The van der Waals surface area contributed by atoms with Gasteiger partial charge in [-0.1, -0.05) is 29.8 Å². The van der Waals surface area contributed by atoms with Gasteiger partial charge in [0.25, 0.3) is 0 Å². The minimum Gasteiger partial charge on any atom is -0.397 e. The molecular formula is C13H15N3O2S. The first-order chi connectivity index (χ1) is 8.97. The van der Waals surface area contributed by atoms with Gasteiger partial charge >= 0.3 is 0 Å². The Morgan fingerprint density at radius 2 is 1.89 bits per heavy atom. The van der Waals surface area contributed by atoms with E-state index in [1.807, 2.05) is 31.2 Å². The van der Waals surface area contributed by atoms with Gasteiger partial charge < -0.3 is 5.73 Å². The fourth-order valence-electron chi connectivity index (χ4n) is 1.55. The molecule has 0 unspecified atom stereocenters. The summed E-state index contributed by atoms with van der Waals surface area (Å²) >= 11 is 0. The van der Waals surface area contributed by atoms with Crippen LogP contribution in [0.1, 0.15) is 11.1 Å². The molecule has 0 saturated carbocycles. The van der Waals surface area contributed by atoms with Crippen LogP contribution in [0.15, 0.2) is 47.6 Å². The molecule has 2 rings (SSSR count). The van der Waals surface area contributed by atoms with Crippen LogP contribution in [0.3, 0.4) is 0 Å². The Labute approximate surface area is 112 Å². The van der Waals surface area contributed by atoms with Crippen molar-refractivity contribution in [3.63, 3.8) is 0 Å². The van der Waals surface area contributed by atoms with Crippen molar-refractivity contribution in [1.29, 1.82) is 0 Å². The van der Waals surface area contributed by atoms with Crippen molar-refractivity contribution in [2.75, 3.05) is 5.73 Å². The Kier molecular flexibility index (Phi) is 3.82. The highest BCUT2D eigenvalue weighted by atomic mass is 32.2. The quantitative estimate of drug-likeness (QED) is 0.885. The number of hydrogen-bond donors (Lipinski definition) is 2. The lowest BCUT2D eigenvalue weighted by atomic mass is 10.2. The van der Waals surface area contributed by atoms with E-state index < -0.39 is 10.0 Å². The number of benzene rings is 1. The number of aromatic nitrogens is 1. The summed E-state index contributed by atoms with van der Waals surface area (Å²) in [6, 6.07) is 9.02. The number of rotatable bonds is 4. The van der Waals surface area contributed by atoms with Crippen molar-refractivity contribution in [2.45, 2.75) is 18.4 Å². The van der Waals surface area contributed by atoms with E-state index in [0.717, 1.165) is 11.1 Å². The molecule has 3 N–H and O–H groups in total. The van der Waals surface area contributed by atoms with E-state index >= 15 is 0 Å². The Morgan fingerprint density at radius 3 is 2.53 bits per heavy atom. The molecule has 0 amide bonds. The largest absolute Gasteiger partial charge is 0.397 e. The average Bonchev–Trinajstić information content (AvgIpc) is 2.38. The number of nitrogens with two attached hydrogens (primary N) is 1. The van der Waals surface area contributed by atoms with Crippen molar-refractivity contribution in [3.8, 4) is 0 Å². The van der Waals surface area contributed by atoms with E-state index in [1.165, 1.54) is 18.5 Å². The summed E-state index contributed by atoms with van der Waals surface area (Å²) in [6.07, 6.45) is 2.67. The Bertz CT molecular complexity index is 667. The molecule has 1 heterocycles. The lowest BCUT2D eigenvalue weighted by Crippen LogP contribution is -2.23. The van der Waals surface area contributed by atoms with Crippen LogP contribution in [0.2, 0.25) is 0 Å². The van der Waals surface area contributed by atoms with E-state index in [2.05, 4.69) is 9.71 Å². The highest BCUT2D eigenvalue weighted by Crippen LogP contribution is 2.11. The molecule has 1 aromatic carbocycles. The lowest BCUT2D eigenvalue weighted by Gasteiger charge is -2.07. The molecular weight excluding hydrogens is 262 g/mol. The summed E-state index contributed by atoms with van der Waals surface area (Å²) in [5.41, 5.74) is 7.87. The van der Waals surface area contributed by atoms with Gasteiger partial charge in [0.1, 0.15) is 4.90 Å². The summed E-state index contributed by atoms with van der Waals surface area (Å²) in [5.74, 6) is 0. The number of anilines is 1. The standard InChI is InChI=1S/C13H15N3O2S/c1-10-2-4-11(5-3-10)7-16-19(17,18)13-6-12(14)8-15-9-13/h2-6,8-9,16H,7,14H2,1H3. The Hall–Kier alpha value is -1.92. The predicted molar refractivity (Wildman–Crippen MR) is 73.9 cm³/mol. The monoisotopic (exact) mass is 277 g/mol. The fourth-order valence-corrected chi connectivity index (χ4v) is 2.56. The van der Waals surface area contributed by atoms with Crippen molar-refractivity contribution in [1.82, 2.24) is 9.71 Å². The molecule has 0 spiro atoms. The van der Waals surface area contributed by atoms with Gasteiger partial charge in [0.15, 0.2) is 0 Å². The number of nitrogen functional groups attached to an aromatic ring is 1. The second-order valence-electron chi connectivity index (χ2n) is 4.26. The average molecular weight is 277 g/mol. The maximum Gasteiger partial charge on any atom is 0.242 e. The van der Waals surface area contributed by atoms with Gasteiger partial charge in [0, 0.05) is 18.9 Å². The van der Waals surface area contributed by atoms with Crippen LogP contribution in [0.5, 0.6) is 0 Å². The Balaban J connectivity index is 2.12. The number of nitrogens with one attached hydrogen (secondary N) is 1. The molecule has 1 aromatic heterocycles. The van der Waals surface area contributed by atoms with E-state index in [0.29, 0.717) is 5.69 Å². The van der Waals surface area contributed by atoms with Gasteiger partial charge in [-0.15, -0.1) is 0 Å². The molecule has 0 saturated heterocycles. The molecule has 6 heteroatoms. The molecule has 0 aliphatic rings. The van der Waals surface area contributed by atoms with Gasteiger partial charge in [0.05, 0.1) is 5.69 Å². The van der Waals surface area contributed by atoms with E-state index in [9.17, 15) is 8.42 Å². The summed E-state index contributed by atoms with van der Waals surface area (Å²) < 4.78 is 26.6. The normalized spacial score (nSPS) is 11.4. The van der Waals surface area contributed by atoms with Crippen molar-refractivity contribution >= 4 is 15.7 Å². The Morgan fingerprint density at radius 1 is 1.21 bits per heavy atom. The second kappa shape index (κ2) is 5.38. The summed E-state index contributed by atoms with van der Waals surface area (Å²) in [6.45, 7) is 2.21. The smallest absolute Gasteiger partial charge is 0.242 e. The molecule has 0 aliphatic carbocycles. The number of pyridine rings is 1. The first kappa shape index (κ1) is 13.5. The van der Waals surface area contributed by atoms with E-state index in [-0.39, 0.29) is 11.4 Å². The minimum absolute atomic E-state index is 0.0691. The van der Waals surface area contributed by atoms with E-state index in [1.54, 1.807) is 0 Å². The maximum absolute atomic E-state index is 12.0. The van der Waals surface area contributed by atoms with Crippen LogP contribution in [0.4, 0.5) is 5.69 Å². The van der Waals surface area contributed by atoms with Gasteiger partial charge in [0.2, 0.25) is 10.0 Å². The first-order valence-electron chi connectivity index (χ1n) is 5.73. The van der Waals surface area contributed by atoms with Crippen LogP contribution in [-0.2, 0) is 16.6 Å². The van der Waals surface area contributed by atoms with Crippen molar-refractivity contribution < 1.29 is 8.42 Å². The van der Waals surface area contributed by atoms with Gasteiger partial charge in [-0.3, -0.25) is 4.98 Å². The summed E-state index contributed by atoms with van der Waals surface area (Å²) in [7, 11) is -3.58. The topological polar surface area (TPSA) is 85.1 Å². The molecule has 0 atom stereocenters. The van der Waals surface area contributed by atoms with Crippen molar-refractivity contribution in [2.24, 2.45) is 0 Å². The fraction of sp³-hybridized carbons (Fsp3) is 0.154. The third-order valence-electron chi connectivity index (χ3n) is 2.63. The number of aryl methyl sites for hydroxylation is 1. The zero-order valence-electron chi connectivity index (χ0n) is 10.5. The SMILES string of the molecule is Cc1ccc(CNS(=O)(=O)c2cncc(N)c2)cc1. The second-order valence-corrected chi connectivity index (χ2v) is 6.03. The third kappa shape index (κ3) is 3.52. The van der Waals surface area contributed by atoms with Crippen LogP contribution >= 0.6 is 0 Å². The van der Waals surface area contributed by atoms with E-state index in [4.69, 9.17) is 5.73 Å². The zero-order valence-corrected chi connectivity index (χ0v) is 11.3. The zero-order chi connectivity index (χ0) is 13.9. The molecule has 2 aromatic rings. The van der Waals surface area contributed by atoms with Crippen LogP contribution in [0, 0.1) is 6.92 Å². The van der Waals surface area contributed by atoms with Gasteiger partial charge in [-0.2, -0.15) is 0 Å². The lowest BCUT2D eigenvalue weighted by molar-refractivity contribution is 0.581. The minimum atomic E-state index is -3.58. The predicted octanol–water partition coefficient (Wildman–Crippen LogP) is 1.45. The summed E-state index contributed by atoms with van der Waals surface area (Å²) in [5, 5.41) is 0. The molecule has 0 fully saturated rings. The van der Waals surface area contributed by atoms with Gasteiger partial charge in [-0.25, -0.2) is 13.1 Å². The summed E-state index contributed by atoms with van der Waals surface area (Å²) in [4.78, 5) is 3.84. The van der Waals surface area contributed by atoms with Gasteiger partial charge in [-0.05, 0) is 18.6 Å². The highest BCUT2D eigenvalue weighted by molar-refractivity contribution is 7.89. The molecule has 0 radical (unpaired) electrons. The van der Waals surface area contributed by atoms with Crippen LogP contribution in [0.25, 0.3) is 0 Å². The van der Waals surface area contributed by atoms with Crippen LogP contribution < -0.4 is 10.5 Å². The maximum atomic E-state index is 12.0. The molecule has 100 valence electrons. The molecule has 19 heavy (non-hydrogen) atoms. The number of sulfonamides is 1. The molecule has 0 aliphatic heterocycles. The highest BCUT2D eigenvalue weighted by Gasteiger charge is 2.14. The third-order valence-corrected chi connectivity index (χ3v) is 4.00.